The van der Waals surface area contributed by atoms with Crippen LogP contribution in [0.2, 0.25) is 5.02 Å². The van der Waals surface area contributed by atoms with Crippen molar-refractivity contribution in [3.05, 3.63) is 320 Å². The standard InChI is InChI=1S/C19H19O5.C18H17ClFO3.3C18H18FO3.5Cs/c1-13-7-19(21-10-13)24-16-4-2-3-15(9-16)20-11-14-5-6-17-18(8-14)23-12-22-17;1-12-7-18(22-10-12)23-15-4-2-3-14(9-15)21-11-13-5-6-17(20)16(19)8-13;1-13-8-18(21-11-13)22-17-7-3-6-16(10-17)20-12-14-4-2-5-15(19)9-14;1-13-9-18(21-11-13)22-16-7-4-6-15(10-16)20-12-14-5-2-3-8-17(14)19;1-13-9-18(21-11-13)22-17-4-2-3-16(10-17)20-12-14-5-7-15(19)8-6-14;;;;;/h2-6,8-10,13,19H,7,11-12H2,1H3;2-6,8-10,12,18H,7,11H2,1H3;2-7,9-11,13,18H,8,12H2,1H3;2*2-8,10-11,13,18H,9,12H2,1H3;;;;;/q5*-1;5*+1/t13-,19?;12-,18?;3*13-,18?;;;;;/m11111...../s1. The molecule has 0 amide bonds. The Hall–Kier alpha value is -0.130. The molecule has 10 atom stereocenters. The van der Waals surface area contributed by atoms with Crippen LogP contribution in [0.15, 0.2) is 231 Å². The van der Waals surface area contributed by atoms with Gasteiger partial charge in [0.2, 0.25) is 6.79 Å². The average Bonchev–Trinajstić information content (AvgIpc) is 1.45. The summed E-state index contributed by atoms with van der Waals surface area (Å²) in [5.74, 6) is 9.28. The molecule has 118 heavy (non-hydrogen) atoms. The maximum absolute atomic E-state index is 13.6. The zero-order chi connectivity index (χ0) is 78.7. The van der Waals surface area contributed by atoms with Crippen molar-refractivity contribution >= 4 is 11.6 Å². The van der Waals surface area contributed by atoms with Crippen LogP contribution in [0.3, 0.4) is 0 Å². The van der Waals surface area contributed by atoms with Crippen molar-refractivity contribution < 1.29 is 443 Å². The van der Waals surface area contributed by atoms with E-state index in [2.05, 4.69) is 34.6 Å². The van der Waals surface area contributed by atoms with Crippen molar-refractivity contribution in [2.45, 2.75) is 131 Å². The molecule has 0 radical (unpaired) electrons. The molecule has 5 saturated heterocycles. The van der Waals surface area contributed by atoms with Gasteiger partial charge in [0.1, 0.15) is 114 Å². The zero-order valence-corrected chi connectivity index (χ0v) is 100. The summed E-state index contributed by atoms with van der Waals surface area (Å²) in [6, 6.07) is 66.6. The topological polar surface area (TPSA) is 157 Å². The third-order valence-electron chi connectivity index (χ3n) is 17.7. The smallest absolute Gasteiger partial charge is 0.520 e. The van der Waals surface area contributed by atoms with Crippen LogP contribution < -0.4 is 401 Å². The zero-order valence-electron chi connectivity index (χ0n) is 68.2. The van der Waals surface area contributed by atoms with Gasteiger partial charge in [-0.1, -0.05) is 131 Å². The van der Waals surface area contributed by atoms with Crippen LogP contribution in [0.1, 0.15) is 94.5 Å². The van der Waals surface area contributed by atoms with Gasteiger partial charge in [-0.25, -0.2) is 50.6 Å². The minimum absolute atomic E-state index is 0. The summed E-state index contributed by atoms with van der Waals surface area (Å²) in [5, 5.41) is 0.0898. The molecule has 0 N–H and O–H groups in total. The number of hydrogen-bond donors (Lipinski definition) is 0. The first kappa shape index (κ1) is 105. The van der Waals surface area contributed by atoms with Crippen molar-refractivity contribution in [1.82, 2.24) is 0 Å². The van der Waals surface area contributed by atoms with Crippen LogP contribution in [-0.4, -0.2) is 38.2 Å². The van der Waals surface area contributed by atoms with Crippen LogP contribution in [0.25, 0.3) is 0 Å². The van der Waals surface area contributed by atoms with Gasteiger partial charge in [-0.05, 0) is 170 Å². The van der Waals surface area contributed by atoms with Gasteiger partial charge in [0.05, 0.1) is 5.02 Å². The Labute approximate surface area is 989 Å². The fraction of sp³-hybridized carbons (Fsp3) is 0.286. The summed E-state index contributed by atoms with van der Waals surface area (Å²) < 4.78 is 148. The molecule has 5 fully saturated rings. The van der Waals surface area contributed by atoms with Gasteiger partial charge in [0, 0.05) is 35.9 Å². The summed E-state index contributed by atoms with van der Waals surface area (Å²) in [6.07, 6.45) is 3.02. The van der Waals surface area contributed by atoms with Gasteiger partial charge in [-0.3, -0.25) is 0 Å². The number of ether oxygens (including phenoxy) is 17. The third kappa shape index (κ3) is 37.1. The van der Waals surface area contributed by atoms with E-state index in [4.69, 9.17) is 92.1 Å². The first-order valence-electron chi connectivity index (χ1n) is 37.4. The molecule has 5 unspecified atom stereocenters. The Balaban J connectivity index is 0.000000202. The molecule has 6 aliphatic rings. The second-order valence-electron chi connectivity index (χ2n) is 27.8. The maximum atomic E-state index is 13.6. The Kier molecular flexibility index (Phi) is 50.1. The first-order chi connectivity index (χ1) is 54.9. The summed E-state index contributed by atoms with van der Waals surface area (Å²) in [5.41, 5.74) is 4.04. The number of benzene rings is 10. The van der Waals surface area contributed by atoms with Crippen molar-refractivity contribution in [2.24, 2.45) is 29.6 Å². The summed E-state index contributed by atoms with van der Waals surface area (Å²) >= 11 is 5.76. The maximum Gasteiger partial charge on any atom is 1.00 e. The molecular formula is C91H90ClCs5F4O17. The van der Waals surface area contributed by atoms with Crippen LogP contribution in [0, 0.1) is 85.9 Å². The van der Waals surface area contributed by atoms with Gasteiger partial charge in [0.15, 0.2) is 42.9 Å². The molecule has 0 bridgehead atoms. The summed E-state index contributed by atoms with van der Waals surface area (Å²) in [7, 11) is 0. The molecule has 0 aromatic heterocycles. The second-order valence-corrected chi connectivity index (χ2v) is 28.2. The Morgan fingerprint density at radius 2 is 0.619 bits per heavy atom. The van der Waals surface area contributed by atoms with E-state index in [0.29, 0.717) is 108 Å². The molecule has 10 aromatic rings. The predicted molar refractivity (Wildman–Crippen MR) is 415 cm³/mol. The third-order valence-corrected chi connectivity index (χ3v) is 18.0. The number of hydrogen-bond acceptors (Lipinski definition) is 17. The Morgan fingerprint density at radius 1 is 0.297 bits per heavy atom. The Morgan fingerprint density at radius 3 is 0.983 bits per heavy atom. The fourth-order valence-corrected chi connectivity index (χ4v) is 12.0. The van der Waals surface area contributed by atoms with E-state index in [1.165, 1.54) is 36.4 Å². The molecular weight excluding hydrogens is 2140 g/mol. The number of halogens is 5. The molecule has 17 nitrogen and oxygen atoms in total. The second kappa shape index (κ2) is 56.3. The molecule has 6 heterocycles. The van der Waals surface area contributed by atoms with E-state index in [-0.39, 0.29) is 412 Å². The summed E-state index contributed by atoms with van der Waals surface area (Å²) in [4.78, 5) is 0. The minimum atomic E-state index is -0.437. The Bertz CT molecular complexity index is 4630. The van der Waals surface area contributed by atoms with Crippen LogP contribution >= 0.6 is 11.6 Å². The number of rotatable bonds is 25. The normalized spacial score (nSPS) is 20.1. The molecule has 0 aliphatic carbocycles. The molecule has 0 spiro atoms. The molecule has 0 saturated carbocycles. The molecule has 27 heteroatoms. The average molecular weight is 2230 g/mol. The van der Waals surface area contributed by atoms with E-state index in [1.54, 1.807) is 87.1 Å². The van der Waals surface area contributed by atoms with E-state index in [0.717, 1.165) is 77.4 Å². The van der Waals surface area contributed by atoms with Crippen LogP contribution in [0.5, 0.6) is 69.0 Å². The predicted octanol–water partition coefficient (Wildman–Crippen LogP) is 6.90. The molecule has 16 rings (SSSR count). The van der Waals surface area contributed by atoms with E-state index < -0.39 is 5.82 Å². The van der Waals surface area contributed by atoms with Gasteiger partial charge in [-0.15, -0.1) is 29.6 Å². The van der Waals surface area contributed by atoms with E-state index in [9.17, 15) is 17.6 Å². The van der Waals surface area contributed by atoms with E-state index in [1.807, 2.05) is 140 Å². The van der Waals surface area contributed by atoms with Crippen molar-refractivity contribution in [3.63, 3.8) is 0 Å². The van der Waals surface area contributed by atoms with Crippen LogP contribution in [-0.2, 0) is 56.7 Å². The van der Waals surface area contributed by atoms with Gasteiger partial charge < -0.3 is 80.5 Å². The van der Waals surface area contributed by atoms with Crippen LogP contribution in [0.4, 0.5) is 17.6 Å². The van der Waals surface area contributed by atoms with Crippen molar-refractivity contribution in [3.8, 4) is 69.0 Å². The summed E-state index contributed by atoms with van der Waals surface area (Å²) in [6.45, 7) is 21.4. The minimum Gasteiger partial charge on any atom is -0.520 e. The quantitative estimate of drug-likeness (QED) is 0.0430. The van der Waals surface area contributed by atoms with Crippen molar-refractivity contribution in [1.29, 1.82) is 0 Å². The molecule has 10 aromatic carbocycles. The molecule has 6 aliphatic heterocycles. The van der Waals surface area contributed by atoms with Gasteiger partial charge in [-0.2, -0.15) is 0 Å². The number of fused-ring (bicyclic) bond motifs is 1. The monoisotopic (exact) mass is 2230 g/mol. The fourth-order valence-electron chi connectivity index (χ4n) is 11.8. The van der Waals surface area contributed by atoms with Crippen molar-refractivity contribution in [2.75, 3.05) is 6.79 Å². The van der Waals surface area contributed by atoms with E-state index >= 15 is 0 Å². The molecule has 596 valence electrons. The van der Waals surface area contributed by atoms with Gasteiger partial charge in [0.25, 0.3) is 0 Å². The van der Waals surface area contributed by atoms with Gasteiger partial charge >= 0.3 is 344 Å². The SMILES string of the molecule is C[C@H]1[CH-]OC(Oc2cccc(OCc3ccc(F)c(Cl)c3)c2)C1.C[C@H]1[CH-]OC(Oc2cccc(OCc3ccc(F)cc3)c2)C1.C[C@H]1[CH-]OC(Oc2cccc(OCc3ccc4c(c3)OCO4)c2)C1.C[C@H]1[CH-]OC(Oc2cccc(OCc3cccc(F)c3)c2)C1.C[C@H]1[CH-]OC(Oc2cccc(OCc3ccccc3F)c2)C1.[Cs+].[Cs+].[Cs+].[Cs+].[Cs+]. The first-order valence-corrected chi connectivity index (χ1v) is 37.8. The largest absolute Gasteiger partial charge is 1.00 e.